The first-order valence-corrected chi connectivity index (χ1v) is 8.54. The van der Waals surface area contributed by atoms with E-state index in [-0.39, 0.29) is 12.6 Å². The number of aromatic nitrogens is 1. The largest absolute Gasteiger partial charge is 0.494 e. The van der Waals surface area contributed by atoms with E-state index in [2.05, 4.69) is 11.9 Å². The molecule has 0 saturated carbocycles. The monoisotopic (exact) mass is 348 g/mol. The molecule has 0 N–H and O–H groups in total. The van der Waals surface area contributed by atoms with E-state index in [1.807, 2.05) is 16.7 Å². The number of thiazole rings is 1. The number of aryl methyl sites for hydroxylation is 1. The third kappa shape index (κ3) is 2.62. The van der Waals surface area contributed by atoms with Crippen molar-refractivity contribution in [1.29, 1.82) is 0 Å². The highest BCUT2D eigenvalue weighted by Crippen LogP contribution is 2.37. The minimum absolute atomic E-state index is 0.135. The first-order valence-electron chi connectivity index (χ1n) is 7.73. The van der Waals surface area contributed by atoms with Crippen molar-refractivity contribution in [2.45, 2.75) is 19.9 Å². The molecule has 0 unspecified atom stereocenters. The predicted molar refractivity (Wildman–Crippen MR) is 86.8 cm³/mol. The van der Waals surface area contributed by atoms with Gasteiger partial charge in [0.25, 0.3) is 0 Å². The molecule has 1 amide bonds. The van der Waals surface area contributed by atoms with E-state index in [4.69, 9.17) is 18.9 Å². The number of amides is 1. The van der Waals surface area contributed by atoms with Crippen LogP contribution in [-0.2, 0) is 20.8 Å². The van der Waals surface area contributed by atoms with Crippen LogP contribution in [0, 0.1) is 0 Å². The van der Waals surface area contributed by atoms with E-state index in [0.717, 1.165) is 34.7 Å². The smallest absolute Gasteiger partial charge is 0.317 e. The molecule has 1 aromatic carbocycles. The molecule has 0 aliphatic carbocycles. The number of carbonyl (C=O) groups excluding carboxylic acids is 1. The molecule has 8 heteroatoms. The van der Waals surface area contributed by atoms with Gasteiger partial charge in [0.05, 0.1) is 10.2 Å². The Kier molecular flexibility index (Phi) is 3.89. The summed E-state index contributed by atoms with van der Waals surface area (Å²) in [6, 6.07) is 3.87. The summed E-state index contributed by atoms with van der Waals surface area (Å²) in [5, 5.41) is 0. The molecule has 24 heavy (non-hydrogen) atoms. The second-order valence-corrected chi connectivity index (χ2v) is 6.34. The standard InChI is InChI=1S/C16H16N2O5S/c1-2-3-18-10-6-11-12(23-9-22-11)7-14(10)24-16(18)17-15(19)13-8-20-4-5-21-13/h6-8H,2-5,9H2,1H3. The zero-order valence-corrected chi connectivity index (χ0v) is 13.9. The van der Waals surface area contributed by atoms with Crippen molar-refractivity contribution < 1.29 is 23.7 Å². The van der Waals surface area contributed by atoms with Crippen LogP contribution in [0.4, 0.5) is 0 Å². The fourth-order valence-electron chi connectivity index (χ4n) is 2.61. The number of fused-ring (bicyclic) bond motifs is 2. The van der Waals surface area contributed by atoms with Gasteiger partial charge in [0.2, 0.25) is 12.6 Å². The number of benzene rings is 1. The van der Waals surface area contributed by atoms with Crippen LogP contribution in [0.5, 0.6) is 11.5 Å². The highest BCUT2D eigenvalue weighted by atomic mass is 32.1. The molecule has 3 heterocycles. The van der Waals surface area contributed by atoms with Crippen LogP contribution in [-0.4, -0.2) is 30.5 Å². The lowest BCUT2D eigenvalue weighted by molar-refractivity contribution is -0.119. The van der Waals surface area contributed by atoms with Crippen molar-refractivity contribution in [1.82, 2.24) is 4.57 Å². The van der Waals surface area contributed by atoms with Gasteiger partial charge in [-0.1, -0.05) is 18.3 Å². The van der Waals surface area contributed by atoms with Gasteiger partial charge in [0.1, 0.15) is 19.5 Å². The maximum absolute atomic E-state index is 12.3. The molecule has 0 spiro atoms. The van der Waals surface area contributed by atoms with Crippen molar-refractivity contribution in [3.8, 4) is 11.5 Å². The van der Waals surface area contributed by atoms with Crippen molar-refractivity contribution in [2.75, 3.05) is 20.0 Å². The Labute approximate surface area is 141 Å². The summed E-state index contributed by atoms with van der Waals surface area (Å²) in [5.74, 6) is 1.13. The van der Waals surface area contributed by atoms with Gasteiger partial charge in [0, 0.05) is 18.7 Å². The van der Waals surface area contributed by atoms with E-state index in [1.54, 1.807) is 0 Å². The lowest BCUT2D eigenvalue weighted by Crippen LogP contribution is -2.20. The van der Waals surface area contributed by atoms with Crippen molar-refractivity contribution in [3.05, 3.63) is 29.0 Å². The zero-order chi connectivity index (χ0) is 16.5. The molecule has 0 fully saturated rings. The number of nitrogens with zero attached hydrogens (tertiary/aromatic N) is 2. The molecular formula is C16H16N2O5S. The van der Waals surface area contributed by atoms with E-state index in [9.17, 15) is 4.79 Å². The number of hydrogen-bond acceptors (Lipinski definition) is 6. The van der Waals surface area contributed by atoms with Gasteiger partial charge < -0.3 is 23.5 Å². The van der Waals surface area contributed by atoms with Crippen molar-refractivity contribution >= 4 is 27.5 Å². The van der Waals surface area contributed by atoms with Gasteiger partial charge in [-0.05, 0) is 6.42 Å². The Morgan fingerprint density at radius 1 is 1.25 bits per heavy atom. The average Bonchev–Trinajstić information content (AvgIpc) is 3.18. The third-order valence-electron chi connectivity index (χ3n) is 3.68. The average molecular weight is 348 g/mol. The molecule has 2 aromatic rings. The molecule has 1 aromatic heterocycles. The van der Waals surface area contributed by atoms with Gasteiger partial charge in [0.15, 0.2) is 16.3 Å². The number of hydrogen-bond donors (Lipinski definition) is 0. The van der Waals surface area contributed by atoms with Crippen LogP contribution >= 0.6 is 11.3 Å². The topological polar surface area (TPSA) is 71.3 Å². The van der Waals surface area contributed by atoms with Crippen LogP contribution in [0.2, 0.25) is 0 Å². The van der Waals surface area contributed by atoms with Crippen LogP contribution in [0.25, 0.3) is 10.2 Å². The first-order chi connectivity index (χ1) is 11.8. The Morgan fingerprint density at radius 3 is 2.83 bits per heavy atom. The zero-order valence-electron chi connectivity index (χ0n) is 13.1. The number of rotatable bonds is 3. The Hall–Kier alpha value is -2.48. The quantitative estimate of drug-likeness (QED) is 0.850. The van der Waals surface area contributed by atoms with E-state index in [1.165, 1.54) is 17.6 Å². The Bertz CT molecular complexity index is 896. The van der Waals surface area contributed by atoms with Crippen LogP contribution in [0.1, 0.15) is 13.3 Å². The molecule has 0 bridgehead atoms. The predicted octanol–water partition coefficient (Wildman–Crippen LogP) is 2.16. The van der Waals surface area contributed by atoms with Gasteiger partial charge in [-0.2, -0.15) is 4.99 Å². The minimum atomic E-state index is -0.439. The van der Waals surface area contributed by atoms with E-state index in [0.29, 0.717) is 18.0 Å². The SMILES string of the molecule is CCCn1c(=NC(=O)C2=COCCO2)sc2cc3c(cc21)OCO3. The first kappa shape index (κ1) is 15.1. The normalized spacial score (nSPS) is 16.7. The van der Waals surface area contributed by atoms with Gasteiger partial charge >= 0.3 is 5.91 Å². The second-order valence-electron chi connectivity index (χ2n) is 5.33. The van der Waals surface area contributed by atoms with Crippen LogP contribution in [0.15, 0.2) is 29.1 Å². The van der Waals surface area contributed by atoms with E-state index < -0.39 is 5.91 Å². The minimum Gasteiger partial charge on any atom is -0.494 e. The highest BCUT2D eigenvalue weighted by Gasteiger charge is 2.19. The molecule has 126 valence electrons. The number of ether oxygens (including phenoxy) is 4. The summed E-state index contributed by atoms with van der Waals surface area (Å²) in [6.07, 6.45) is 2.24. The molecule has 4 rings (SSSR count). The highest BCUT2D eigenvalue weighted by molar-refractivity contribution is 7.16. The molecule has 7 nitrogen and oxygen atoms in total. The molecule has 0 saturated heterocycles. The maximum Gasteiger partial charge on any atom is 0.317 e. The lowest BCUT2D eigenvalue weighted by atomic mass is 10.3. The maximum atomic E-state index is 12.3. The molecule has 0 atom stereocenters. The van der Waals surface area contributed by atoms with E-state index >= 15 is 0 Å². The molecule has 0 radical (unpaired) electrons. The van der Waals surface area contributed by atoms with Gasteiger partial charge in [-0.3, -0.25) is 4.79 Å². The van der Waals surface area contributed by atoms with Crippen molar-refractivity contribution in [2.24, 2.45) is 4.99 Å². The summed E-state index contributed by atoms with van der Waals surface area (Å²) < 4.78 is 24.3. The van der Waals surface area contributed by atoms with Gasteiger partial charge in [-0.25, -0.2) is 0 Å². The Balaban J connectivity index is 1.82. The summed E-state index contributed by atoms with van der Waals surface area (Å²) in [6.45, 7) is 3.87. The molecular weight excluding hydrogens is 332 g/mol. The fourth-order valence-corrected chi connectivity index (χ4v) is 3.67. The third-order valence-corrected chi connectivity index (χ3v) is 4.72. The second kappa shape index (κ2) is 6.20. The Morgan fingerprint density at radius 2 is 2.08 bits per heavy atom. The molecule has 2 aliphatic heterocycles. The summed E-state index contributed by atoms with van der Waals surface area (Å²) in [4.78, 5) is 17.2. The van der Waals surface area contributed by atoms with Crippen LogP contribution in [0.3, 0.4) is 0 Å². The lowest BCUT2D eigenvalue weighted by Gasteiger charge is -2.12. The summed E-state index contributed by atoms with van der Waals surface area (Å²) in [7, 11) is 0. The molecule has 2 aliphatic rings. The van der Waals surface area contributed by atoms with Crippen LogP contribution < -0.4 is 14.3 Å². The van der Waals surface area contributed by atoms with Crippen molar-refractivity contribution in [3.63, 3.8) is 0 Å². The summed E-state index contributed by atoms with van der Waals surface area (Å²) >= 11 is 1.44. The fraction of sp³-hybridized carbons (Fsp3) is 0.375. The summed E-state index contributed by atoms with van der Waals surface area (Å²) in [5.41, 5.74) is 0.979. The van der Waals surface area contributed by atoms with Gasteiger partial charge in [-0.15, -0.1) is 0 Å². The number of carbonyl (C=O) groups is 1.